The maximum absolute atomic E-state index is 13.5. The molecule has 0 fully saturated rings. The highest BCUT2D eigenvalue weighted by Crippen LogP contribution is 2.41. The van der Waals surface area contributed by atoms with Crippen molar-refractivity contribution in [3.05, 3.63) is 188 Å². The molecule has 1 unspecified atom stereocenters. The summed E-state index contributed by atoms with van der Waals surface area (Å²) in [6.07, 6.45) is -2.70. The van der Waals surface area contributed by atoms with Crippen LogP contribution < -0.4 is 11.1 Å². The van der Waals surface area contributed by atoms with Crippen molar-refractivity contribution >= 4 is 86.1 Å². The van der Waals surface area contributed by atoms with Crippen LogP contribution in [0.5, 0.6) is 11.5 Å². The number of alkyl halides is 6. The van der Waals surface area contributed by atoms with E-state index in [1.165, 1.54) is 36.8 Å². The summed E-state index contributed by atoms with van der Waals surface area (Å²) in [6, 6.07) is 28.3. The van der Waals surface area contributed by atoms with Crippen molar-refractivity contribution in [1.29, 1.82) is 0 Å². The number of aromatic nitrogens is 4. The van der Waals surface area contributed by atoms with Gasteiger partial charge in [0.25, 0.3) is 0 Å². The van der Waals surface area contributed by atoms with E-state index in [1.807, 2.05) is 18.2 Å². The Bertz CT molecular complexity index is 2790. The number of halogens is 10. The van der Waals surface area contributed by atoms with Gasteiger partial charge in [0.05, 0.1) is 37.3 Å². The lowest BCUT2D eigenvalue weighted by molar-refractivity contribution is -0.138. The normalized spacial score (nSPS) is 11.5. The zero-order chi connectivity index (χ0) is 45.9. The molecule has 4 aromatic carbocycles. The monoisotopic (exact) mass is 944 g/mol. The number of para-hydroxylation sites is 1. The van der Waals surface area contributed by atoms with Crippen LogP contribution in [0, 0.1) is 0 Å². The first kappa shape index (κ1) is 47.7. The number of carbonyl (C=O) groups excluding carboxylic acids is 1. The lowest BCUT2D eigenvalue weighted by Crippen LogP contribution is -2.15. The Labute approximate surface area is 374 Å². The first-order chi connectivity index (χ1) is 29.8. The molecule has 0 aliphatic heterocycles. The van der Waals surface area contributed by atoms with Crippen molar-refractivity contribution in [3.8, 4) is 11.5 Å². The molecular formula is C44H30Cl4F6N6O3. The van der Waals surface area contributed by atoms with E-state index in [2.05, 4.69) is 25.3 Å². The van der Waals surface area contributed by atoms with Crippen LogP contribution in [0.4, 0.5) is 38.0 Å². The maximum Gasteiger partial charge on any atom is 0.417 e. The Hall–Kier alpha value is -6.39. The van der Waals surface area contributed by atoms with Gasteiger partial charge >= 0.3 is 12.4 Å². The Balaban J connectivity index is 0.000000190. The average Bonchev–Trinajstić information content (AvgIpc) is 3.25. The number of nitrogens with one attached hydrogen (secondary N) is 1. The summed E-state index contributed by atoms with van der Waals surface area (Å²) >= 11 is 22.5. The molecule has 0 amide bonds. The zero-order valence-electron chi connectivity index (χ0n) is 31.9. The third-order valence-corrected chi connectivity index (χ3v) is 9.64. The number of hydrogen-bond donors (Lipinski definition) is 4. The van der Waals surface area contributed by atoms with Gasteiger partial charge in [0.15, 0.2) is 0 Å². The second-order valence-electron chi connectivity index (χ2n) is 12.9. The van der Waals surface area contributed by atoms with Crippen molar-refractivity contribution < 1.29 is 41.4 Å². The second-order valence-corrected chi connectivity index (χ2v) is 14.6. The van der Waals surface area contributed by atoms with Crippen molar-refractivity contribution in [1.82, 2.24) is 19.9 Å². The highest BCUT2D eigenvalue weighted by Gasteiger charge is 2.35. The van der Waals surface area contributed by atoms with Gasteiger partial charge in [0.1, 0.15) is 40.5 Å². The van der Waals surface area contributed by atoms with Gasteiger partial charge < -0.3 is 21.3 Å². The van der Waals surface area contributed by atoms with E-state index in [-0.39, 0.29) is 22.6 Å². The minimum Gasteiger partial charge on any atom is -0.506 e. The summed E-state index contributed by atoms with van der Waals surface area (Å²) in [6.45, 7) is 0. The van der Waals surface area contributed by atoms with Crippen LogP contribution in [-0.2, 0) is 12.4 Å². The van der Waals surface area contributed by atoms with Crippen molar-refractivity contribution in [2.45, 2.75) is 18.4 Å². The Morgan fingerprint density at radius 1 is 0.619 bits per heavy atom. The number of rotatable bonds is 5. The number of carbonyl (C=O) groups is 1. The van der Waals surface area contributed by atoms with Crippen LogP contribution >= 0.6 is 46.4 Å². The number of phenols is 2. The summed E-state index contributed by atoms with van der Waals surface area (Å²) < 4.78 is 76.9. The van der Waals surface area contributed by atoms with Gasteiger partial charge in [-0.2, -0.15) is 26.3 Å². The number of phenolic OH excluding ortho intramolecular Hbond substituents is 2. The topological polar surface area (TPSA) is 147 Å². The third-order valence-electron chi connectivity index (χ3n) is 8.53. The SMILES string of the molecule is Nc1ccc(Cl)cn1.O=Cc1ccc(Cl)c(C(F)(F)F)c1.Oc1c(C(Nc2ccc(Cl)cn2)c2ccc(Cl)c(C(F)(F)F)c2)ccc2cccnc12.Oc1cccc2cccnc12. The molecule has 324 valence electrons. The van der Waals surface area contributed by atoms with E-state index in [0.717, 1.165) is 23.6 Å². The zero-order valence-corrected chi connectivity index (χ0v) is 34.9. The molecule has 9 nitrogen and oxygen atoms in total. The van der Waals surface area contributed by atoms with Crippen LogP contribution in [0.3, 0.4) is 0 Å². The van der Waals surface area contributed by atoms with E-state index in [9.17, 15) is 41.4 Å². The molecule has 0 saturated heterocycles. The molecular weight excluding hydrogens is 916 g/mol. The molecule has 1 atom stereocenters. The van der Waals surface area contributed by atoms with Crippen LogP contribution in [0.2, 0.25) is 20.1 Å². The van der Waals surface area contributed by atoms with Gasteiger partial charge in [-0.3, -0.25) is 14.8 Å². The standard InChI is InChI=1S/C22H14Cl2F3N3O.C9H7NO.C8H4ClF3O.C5H5ClN2/c23-14-5-8-18(29-11-14)30-19(13-4-7-17(24)16(10-13)22(25,26)27)15-6-3-12-2-1-9-28-20(12)21(15)31;11-8-5-1-3-7-4-2-6-10-9(7)8;9-7-2-1-5(4-13)3-6(7)8(10,11)12;6-4-1-2-5(7)8-3-4/h1-11,19,31H,(H,29,30);1-6,11H;1-4H;1-3H,(H2,7,8). The van der Waals surface area contributed by atoms with Gasteiger partial charge in [-0.15, -0.1) is 0 Å². The van der Waals surface area contributed by atoms with E-state index < -0.39 is 39.6 Å². The molecule has 63 heavy (non-hydrogen) atoms. The number of nitrogen functional groups attached to an aromatic ring is 1. The molecule has 0 radical (unpaired) electrons. The fraction of sp³-hybridized carbons (Fsp3) is 0.0682. The number of nitrogens with zero attached hydrogens (tertiary/aromatic N) is 4. The van der Waals surface area contributed by atoms with Gasteiger partial charge in [-0.05, 0) is 72.3 Å². The molecule has 5 N–H and O–H groups in total. The number of aromatic hydroxyl groups is 2. The minimum absolute atomic E-state index is 0.0447. The van der Waals surface area contributed by atoms with Crippen molar-refractivity contribution in [2.75, 3.05) is 11.1 Å². The summed E-state index contributed by atoms with van der Waals surface area (Å²) in [4.78, 5) is 26.3. The number of anilines is 2. The molecule has 8 aromatic rings. The van der Waals surface area contributed by atoms with E-state index in [1.54, 1.807) is 66.9 Å². The summed E-state index contributed by atoms with van der Waals surface area (Å²) in [7, 11) is 0. The number of nitrogens with two attached hydrogens (primary N) is 1. The van der Waals surface area contributed by atoms with Gasteiger partial charge in [0.2, 0.25) is 0 Å². The van der Waals surface area contributed by atoms with Crippen LogP contribution in [-0.4, -0.2) is 36.4 Å². The quantitative estimate of drug-likeness (QED) is 0.0978. The predicted molar refractivity (Wildman–Crippen MR) is 233 cm³/mol. The summed E-state index contributed by atoms with van der Waals surface area (Å²) in [5.74, 6) is 0.948. The summed E-state index contributed by atoms with van der Waals surface area (Å²) in [5, 5.41) is 25.1. The van der Waals surface area contributed by atoms with E-state index in [0.29, 0.717) is 50.0 Å². The first-order valence-electron chi connectivity index (χ1n) is 17.9. The number of aldehydes is 1. The van der Waals surface area contributed by atoms with Gasteiger partial charge in [-0.25, -0.2) is 9.97 Å². The number of hydrogen-bond acceptors (Lipinski definition) is 9. The minimum atomic E-state index is -4.64. The van der Waals surface area contributed by atoms with Crippen LogP contribution in [0.1, 0.15) is 38.7 Å². The Morgan fingerprint density at radius 3 is 1.75 bits per heavy atom. The molecule has 8 rings (SSSR count). The molecule has 0 aliphatic carbocycles. The molecule has 0 saturated carbocycles. The first-order valence-corrected chi connectivity index (χ1v) is 19.4. The highest BCUT2D eigenvalue weighted by molar-refractivity contribution is 6.32. The largest absolute Gasteiger partial charge is 0.506 e. The molecule has 0 bridgehead atoms. The van der Waals surface area contributed by atoms with Crippen LogP contribution in [0.25, 0.3) is 21.8 Å². The molecule has 4 aromatic heterocycles. The highest BCUT2D eigenvalue weighted by atomic mass is 35.5. The third kappa shape index (κ3) is 13.1. The fourth-order valence-corrected chi connectivity index (χ4v) is 6.25. The maximum atomic E-state index is 13.5. The molecule has 19 heteroatoms. The van der Waals surface area contributed by atoms with Crippen molar-refractivity contribution in [3.63, 3.8) is 0 Å². The second kappa shape index (κ2) is 21.1. The number of benzene rings is 4. The molecule has 0 spiro atoms. The Morgan fingerprint density at radius 2 is 1.19 bits per heavy atom. The molecule has 4 heterocycles. The Kier molecular flexibility index (Phi) is 16.0. The number of fused-ring (bicyclic) bond motifs is 2. The summed E-state index contributed by atoms with van der Waals surface area (Å²) in [5.41, 5.74) is 4.82. The predicted octanol–water partition coefficient (Wildman–Crippen LogP) is 13.3. The van der Waals surface area contributed by atoms with E-state index >= 15 is 0 Å². The van der Waals surface area contributed by atoms with Gasteiger partial charge in [-0.1, -0.05) is 94.9 Å². The lowest BCUT2D eigenvalue weighted by atomic mass is 9.95. The van der Waals surface area contributed by atoms with E-state index in [4.69, 9.17) is 52.1 Å². The van der Waals surface area contributed by atoms with Crippen molar-refractivity contribution in [2.24, 2.45) is 0 Å². The fourth-order valence-electron chi connectivity index (χ4n) is 5.58. The smallest absolute Gasteiger partial charge is 0.417 e. The molecule has 0 aliphatic rings. The number of pyridine rings is 4. The van der Waals surface area contributed by atoms with Crippen LogP contribution in [0.15, 0.2) is 140 Å². The van der Waals surface area contributed by atoms with Gasteiger partial charge in [0, 0.05) is 46.7 Å². The lowest BCUT2D eigenvalue weighted by Gasteiger charge is -2.23. The average molecular weight is 947 g/mol.